The number of hydrogen-bond donors (Lipinski definition) is 3. The molecule has 0 aliphatic heterocycles. The number of pyridine rings is 1. The van der Waals surface area contributed by atoms with Crippen LogP contribution in [-0.4, -0.2) is 49.5 Å². The van der Waals surface area contributed by atoms with Crippen molar-refractivity contribution in [3.05, 3.63) is 65.5 Å². The number of methoxy groups -OCH3 is 1. The standard InChI is InChI=1S/C31H29F3N4O4/c1-35-29(40)25-22-12-20(18-5-8-23(41-2)21(11-18)28(39)38-31-10-9-16(13-31)14-31)27(36-15-24(33)34)37-30(22)42-26(25)17-3-6-19(32)7-4-17/h3-8,11-12,16,24H,9-10,13-15H2,1-2H3,(H,35,40)(H,36,37)(H,38,39). The average molecular weight is 579 g/mol. The maximum Gasteiger partial charge on any atom is 0.255 e. The number of amides is 2. The minimum absolute atomic E-state index is 0.0276. The fourth-order valence-corrected chi connectivity index (χ4v) is 6.17. The number of nitrogens with one attached hydrogen (secondary N) is 3. The molecule has 0 radical (unpaired) electrons. The third-order valence-corrected chi connectivity index (χ3v) is 8.19. The molecular weight excluding hydrogens is 549 g/mol. The summed E-state index contributed by atoms with van der Waals surface area (Å²) in [6.07, 6.45) is 1.29. The van der Waals surface area contributed by atoms with Gasteiger partial charge in [0.25, 0.3) is 18.2 Å². The molecule has 3 aliphatic rings. The number of aromatic nitrogens is 1. The van der Waals surface area contributed by atoms with Crippen molar-refractivity contribution in [2.75, 3.05) is 26.0 Å². The molecule has 3 aliphatic carbocycles. The molecule has 2 heterocycles. The minimum Gasteiger partial charge on any atom is -0.496 e. The van der Waals surface area contributed by atoms with Gasteiger partial charge in [0.05, 0.1) is 30.2 Å². The van der Waals surface area contributed by atoms with Crippen molar-refractivity contribution in [1.29, 1.82) is 0 Å². The van der Waals surface area contributed by atoms with Crippen LogP contribution in [-0.2, 0) is 0 Å². The first kappa shape index (κ1) is 27.6. The number of halogens is 3. The lowest BCUT2D eigenvalue weighted by atomic mass is 9.77. The molecule has 4 aromatic rings. The predicted octanol–water partition coefficient (Wildman–Crippen LogP) is 6.02. The molecule has 11 heteroatoms. The van der Waals surface area contributed by atoms with E-state index in [2.05, 4.69) is 20.9 Å². The Morgan fingerprint density at radius 2 is 1.83 bits per heavy atom. The Morgan fingerprint density at radius 1 is 1.10 bits per heavy atom. The van der Waals surface area contributed by atoms with Crippen LogP contribution in [0.2, 0.25) is 0 Å². The lowest BCUT2D eigenvalue weighted by Crippen LogP contribution is -2.51. The maximum absolute atomic E-state index is 13.6. The quantitative estimate of drug-likeness (QED) is 0.224. The fraction of sp³-hybridized carbons (Fsp3) is 0.323. The van der Waals surface area contributed by atoms with E-state index in [1.165, 1.54) is 38.4 Å². The van der Waals surface area contributed by atoms with Gasteiger partial charge in [-0.25, -0.2) is 13.2 Å². The molecular formula is C31H29F3N4O4. The summed E-state index contributed by atoms with van der Waals surface area (Å²) in [7, 11) is 2.94. The van der Waals surface area contributed by atoms with Gasteiger partial charge >= 0.3 is 0 Å². The zero-order valence-electron chi connectivity index (χ0n) is 23.0. The van der Waals surface area contributed by atoms with Crippen molar-refractivity contribution in [3.63, 3.8) is 0 Å². The summed E-state index contributed by atoms with van der Waals surface area (Å²) in [5.41, 5.74) is 1.59. The molecule has 0 unspecified atom stereocenters. The first-order valence-electron chi connectivity index (χ1n) is 13.7. The van der Waals surface area contributed by atoms with E-state index in [9.17, 15) is 22.8 Å². The van der Waals surface area contributed by atoms with Crippen LogP contribution in [0.3, 0.4) is 0 Å². The molecule has 8 nitrogen and oxygen atoms in total. The van der Waals surface area contributed by atoms with E-state index in [0.29, 0.717) is 39.3 Å². The van der Waals surface area contributed by atoms with Gasteiger partial charge in [0.1, 0.15) is 23.1 Å². The normalized spacial score (nSPS) is 19.0. The van der Waals surface area contributed by atoms with Gasteiger partial charge in [-0.3, -0.25) is 9.59 Å². The smallest absolute Gasteiger partial charge is 0.255 e. The maximum atomic E-state index is 13.6. The average Bonchev–Trinajstić information content (AvgIpc) is 3.67. The molecule has 3 N–H and O–H groups in total. The summed E-state index contributed by atoms with van der Waals surface area (Å²) < 4.78 is 51.6. The minimum atomic E-state index is -2.67. The van der Waals surface area contributed by atoms with E-state index in [0.717, 1.165) is 25.7 Å². The van der Waals surface area contributed by atoms with Crippen LogP contribution < -0.4 is 20.7 Å². The summed E-state index contributed by atoms with van der Waals surface area (Å²) in [5, 5.41) is 8.76. The van der Waals surface area contributed by atoms with Gasteiger partial charge in [0.2, 0.25) is 5.71 Å². The van der Waals surface area contributed by atoms with Gasteiger partial charge < -0.3 is 25.1 Å². The summed E-state index contributed by atoms with van der Waals surface area (Å²) in [4.78, 5) is 31.0. The van der Waals surface area contributed by atoms with Gasteiger partial charge in [-0.15, -0.1) is 0 Å². The fourth-order valence-electron chi connectivity index (χ4n) is 6.17. The summed E-state index contributed by atoms with van der Waals surface area (Å²) in [6, 6.07) is 12.0. The lowest BCUT2D eigenvalue weighted by molar-refractivity contribution is 0.0837. The SMILES string of the molecule is CNC(=O)c1c(-c2ccc(F)cc2)oc2nc(NCC(F)F)c(-c3ccc(OC)c(C(=O)NC45CCC(C4)C5)c3)cc12. The highest BCUT2D eigenvalue weighted by atomic mass is 19.3. The number of fused-ring (bicyclic) bond motifs is 2. The van der Waals surface area contributed by atoms with Crippen LogP contribution in [0.5, 0.6) is 5.75 Å². The molecule has 3 saturated carbocycles. The van der Waals surface area contributed by atoms with Crippen molar-refractivity contribution in [1.82, 2.24) is 15.6 Å². The Kier molecular flexibility index (Phi) is 7.04. The summed E-state index contributed by atoms with van der Waals surface area (Å²) >= 11 is 0. The highest BCUT2D eigenvalue weighted by Crippen LogP contribution is 2.52. The number of hydrogen-bond acceptors (Lipinski definition) is 6. The van der Waals surface area contributed by atoms with E-state index in [-0.39, 0.29) is 34.3 Å². The van der Waals surface area contributed by atoms with Crippen LogP contribution in [0.15, 0.2) is 52.9 Å². The first-order chi connectivity index (χ1) is 20.2. The second kappa shape index (κ2) is 10.7. The van der Waals surface area contributed by atoms with E-state index in [1.54, 1.807) is 24.3 Å². The number of anilines is 1. The Balaban J connectivity index is 1.49. The second-order valence-corrected chi connectivity index (χ2v) is 10.9. The molecule has 2 aromatic carbocycles. The molecule has 42 heavy (non-hydrogen) atoms. The van der Waals surface area contributed by atoms with Crippen LogP contribution >= 0.6 is 0 Å². The Bertz CT molecular complexity index is 1670. The predicted molar refractivity (Wildman–Crippen MR) is 151 cm³/mol. The number of carbonyl (C=O) groups is 2. The number of ether oxygens (including phenoxy) is 1. The van der Waals surface area contributed by atoms with E-state index in [4.69, 9.17) is 9.15 Å². The van der Waals surface area contributed by atoms with Crippen LogP contribution in [0.1, 0.15) is 46.4 Å². The van der Waals surface area contributed by atoms with Crippen molar-refractivity contribution >= 4 is 28.7 Å². The van der Waals surface area contributed by atoms with Crippen LogP contribution in [0, 0.1) is 11.7 Å². The van der Waals surface area contributed by atoms with E-state index in [1.807, 2.05) is 0 Å². The zero-order valence-corrected chi connectivity index (χ0v) is 23.0. The molecule has 0 atom stereocenters. The zero-order chi connectivity index (χ0) is 29.6. The van der Waals surface area contributed by atoms with Crippen molar-refractivity contribution in [3.8, 4) is 28.2 Å². The van der Waals surface area contributed by atoms with Crippen molar-refractivity contribution in [2.24, 2.45) is 5.92 Å². The summed E-state index contributed by atoms with van der Waals surface area (Å²) in [5.74, 6) is 0.0437. The number of carbonyl (C=O) groups excluding carboxylic acids is 2. The van der Waals surface area contributed by atoms with Gasteiger partial charge in [-0.05, 0) is 79.6 Å². The Labute approximate surface area is 239 Å². The van der Waals surface area contributed by atoms with E-state index >= 15 is 0 Å². The van der Waals surface area contributed by atoms with Gasteiger partial charge in [-0.2, -0.15) is 4.98 Å². The van der Waals surface area contributed by atoms with Crippen LogP contribution in [0.25, 0.3) is 33.6 Å². The number of furan rings is 1. The lowest BCUT2D eigenvalue weighted by Gasteiger charge is -2.39. The number of nitrogens with zero attached hydrogens (tertiary/aromatic N) is 1. The molecule has 0 saturated heterocycles. The van der Waals surface area contributed by atoms with Gasteiger partial charge in [0, 0.05) is 23.7 Å². The Hall–Kier alpha value is -4.54. The second-order valence-electron chi connectivity index (χ2n) is 10.9. The third-order valence-electron chi connectivity index (χ3n) is 8.19. The molecule has 7 rings (SSSR count). The van der Waals surface area contributed by atoms with Gasteiger partial charge in [-0.1, -0.05) is 6.07 Å². The largest absolute Gasteiger partial charge is 0.496 e. The van der Waals surface area contributed by atoms with Crippen molar-refractivity contribution < 1.29 is 31.9 Å². The van der Waals surface area contributed by atoms with Gasteiger partial charge in [0.15, 0.2) is 0 Å². The highest BCUT2D eigenvalue weighted by Gasteiger charge is 2.51. The molecule has 2 aromatic heterocycles. The highest BCUT2D eigenvalue weighted by molar-refractivity contribution is 6.11. The monoisotopic (exact) mass is 578 g/mol. The topological polar surface area (TPSA) is 105 Å². The molecule has 2 bridgehead atoms. The summed E-state index contributed by atoms with van der Waals surface area (Å²) in [6.45, 7) is -0.688. The van der Waals surface area contributed by atoms with E-state index < -0.39 is 24.7 Å². The Morgan fingerprint density at radius 3 is 2.48 bits per heavy atom. The number of alkyl halides is 2. The molecule has 2 amide bonds. The first-order valence-corrected chi connectivity index (χ1v) is 13.7. The van der Waals surface area contributed by atoms with Crippen molar-refractivity contribution in [2.45, 2.75) is 37.6 Å². The molecule has 218 valence electrons. The number of benzene rings is 2. The molecule has 0 spiro atoms. The van der Waals surface area contributed by atoms with Crippen LogP contribution in [0.4, 0.5) is 19.0 Å². The third kappa shape index (κ3) is 4.93. The number of rotatable bonds is 9. The molecule has 3 fully saturated rings.